The summed E-state index contributed by atoms with van der Waals surface area (Å²) in [6.07, 6.45) is -0.174. The van der Waals surface area contributed by atoms with Crippen molar-refractivity contribution in [1.29, 1.82) is 0 Å². The highest BCUT2D eigenvalue weighted by molar-refractivity contribution is 5.99. The minimum absolute atomic E-state index is 0.0920. The Labute approximate surface area is 220 Å². The first kappa shape index (κ1) is 29.7. The number of hydrogen-bond acceptors (Lipinski definition) is 5. The van der Waals surface area contributed by atoms with Crippen molar-refractivity contribution >= 4 is 23.6 Å². The molecule has 0 fully saturated rings. The van der Waals surface area contributed by atoms with Gasteiger partial charge in [-0.1, -0.05) is 31.2 Å². The van der Waals surface area contributed by atoms with E-state index >= 15 is 0 Å². The summed E-state index contributed by atoms with van der Waals surface area (Å²) in [6, 6.07) is 10.3. The molecule has 0 bridgehead atoms. The smallest absolute Gasteiger partial charge is 0.408 e. The van der Waals surface area contributed by atoms with Crippen LogP contribution < -0.4 is 10.6 Å². The molecule has 0 spiro atoms. The van der Waals surface area contributed by atoms with Gasteiger partial charge in [-0.3, -0.25) is 9.59 Å². The number of aromatic hydroxyl groups is 1. The van der Waals surface area contributed by atoms with Gasteiger partial charge in [0.05, 0.1) is 0 Å². The van der Waals surface area contributed by atoms with E-state index in [2.05, 4.69) is 10.6 Å². The molecular formula is C29H41N3O5. The van der Waals surface area contributed by atoms with Crippen molar-refractivity contribution < 1.29 is 24.2 Å². The summed E-state index contributed by atoms with van der Waals surface area (Å²) in [7, 11) is 0. The van der Waals surface area contributed by atoms with E-state index in [1.807, 2.05) is 45.9 Å². The first-order valence-electron chi connectivity index (χ1n) is 12.6. The van der Waals surface area contributed by atoms with Gasteiger partial charge >= 0.3 is 6.09 Å². The number of anilines is 1. The molecule has 8 heteroatoms. The van der Waals surface area contributed by atoms with E-state index in [1.165, 1.54) is 11.0 Å². The van der Waals surface area contributed by atoms with Gasteiger partial charge in [0.15, 0.2) is 0 Å². The minimum atomic E-state index is -1.04. The molecule has 37 heavy (non-hydrogen) atoms. The zero-order valence-corrected chi connectivity index (χ0v) is 23.4. The highest BCUT2D eigenvalue weighted by atomic mass is 16.6. The summed E-state index contributed by atoms with van der Waals surface area (Å²) in [4.78, 5) is 41.9. The molecule has 0 aliphatic heterocycles. The van der Waals surface area contributed by atoms with Crippen LogP contribution in [0.25, 0.3) is 0 Å². The number of ether oxygens (including phenoxy) is 1. The highest BCUT2D eigenvalue weighted by Gasteiger charge is 2.42. The number of hydrogen-bond donors (Lipinski definition) is 3. The Morgan fingerprint density at radius 3 is 2.16 bits per heavy atom. The van der Waals surface area contributed by atoms with Gasteiger partial charge in [-0.05, 0) is 96.7 Å². The van der Waals surface area contributed by atoms with Gasteiger partial charge in [-0.25, -0.2) is 4.79 Å². The minimum Gasteiger partial charge on any atom is -0.508 e. The Bertz CT molecular complexity index is 1140. The number of aryl methyl sites for hydroxylation is 2. The Hall–Kier alpha value is -3.55. The lowest BCUT2D eigenvalue weighted by Crippen LogP contribution is -2.58. The lowest BCUT2D eigenvalue weighted by Gasteiger charge is -2.44. The Kier molecular flexibility index (Phi) is 9.36. The van der Waals surface area contributed by atoms with Crippen molar-refractivity contribution in [3.05, 3.63) is 59.2 Å². The summed E-state index contributed by atoms with van der Waals surface area (Å²) in [5, 5.41) is 15.7. The molecule has 2 aromatic carbocycles. The molecular weight excluding hydrogens is 470 g/mol. The van der Waals surface area contributed by atoms with Crippen LogP contribution in [-0.2, 0) is 14.3 Å². The van der Waals surface area contributed by atoms with Gasteiger partial charge in [0.2, 0.25) is 5.91 Å². The Morgan fingerprint density at radius 2 is 1.62 bits per heavy atom. The van der Waals surface area contributed by atoms with E-state index in [1.54, 1.807) is 52.8 Å². The predicted octanol–water partition coefficient (Wildman–Crippen LogP) is 5.62. The molecule has 2 rings (SSSR count). The van der Waals surface area contributed by atoms with Gasteiger partial charge < -0.3 is 25.4 Å². The molecule has 8 nitrogen and oxygen atoms in total. The van der Waals surface area contributed by atoms with Crippen molar-refractivity contribution in [3.63, 3.8) is 0 Å². The van der Waals surface area contributed by atoms with Crippen molar-refractivity contribution in [2.75, 3.05) is 5.32 Å². The van der Waals surface area contributed by atoms with E-state index in [4.69, 9.17) is 4.74 Å². The van der Waals surface area contributed by atoms with Crippen LogP contribution in [0.15, 0.2) is 42.5 Å². The van der Waals surface area contributed by atoms with Crippen molar-refractivity contribution in [2.24, 2.45) is 0 Å². The maximum Gasteiger partial charge on any atom is 0.408 e. The zero-order valence-electron chi connectivity index (χ0n) is 23.4. The monoisotopic (exact) mass is 511 g/mol. The third-order valence-electron chi connectivity index (χ3n) is 6.30. The second-order valence-corrected chi connectivity index (χ2v) is 11.0. The van der Waals surface area contributed by atoms with Crippen LogP contribution in [0, 0.1) is 13.8 Å². The van der Waals surface area contributed by atoms with Gasteiger partial charge in [0, 0.05) is 11.2 Å². The average Bonchev–Trinajstić information content (AvgIpc) is 2.78. The molecule has 3 N–H and O–H groups in total. The maximum atomic E-state index is 14.0. The van der Waals surface area contributed by atoms with Crippen LogP contribution in [0.2, 0.25) is 0 Å². The summed E-state index contributed by atoms with van der Waals surface area (Å²) in [6.45, 7) is 16.1. The maximum absolute atomic E-state index is 14.0. The Balaban J connectivity index is 2.58. The molecule has 3 amide bonds. The molecule has 2 unspecified atom stereocenters. The number of phenols is 1. The lowest BCUT2D eigenvalue weighted by molar-refractivity contribution is -0.147. The number of para-hydroxylation sites is 1. The van der Waals surface area contributed by atoms with Gasteiger partial charge in [-0.15, -0.1) is 0 Å². The highest BCUT2D eigenvalue weighted by Crippen LogP contribution is 2.34. The molecule has 0 radical (unpaired) electrons. The molecule has 0 heterocycles. The number of carbonyl (C=O) groups excluding carboxylic acids is 3. The third-order valence-corrected chi connectivity index (χ3v) is 6.30. The van der Waals surface area contributed by atoms with E-state index in [0.29, 0.717) is 23.2 Å². The summed E-state index contributed by atoms with van der Waals surface area (Å²) in [5.74, 6) is -0.749. The largest absolute Gasteiger partial charge is 0.508 e. The second-order valence-electron chi connectivity index (χ2n) is 11.0. The second kappa shape index (κ2) is 11.7. The quantitative estimate of drug-likeness (QED) is 0.426. The lowest BCUT2D eigenvalue weighted by atomic mass is 9.91. The number of nitrogens with zero attached hydrogens (tertiary/aromatic N) is 1. The molecule has 0 aliphatic carbocycles. The SMILES string of the molecule is CCC(C)(C)N(C(=O)C(C)NC(=O)OC(C)(C)C)C(C(=O)Nc1ccccc1C)c1ccc(O)c(C)c1. The van der Waals surface area contributed by atoms with Crippen molar-refractivity contribution in [1.82, 2.24) is 10.2 Å². The van der Waals surface area contributed by atoms with Crippen molar-refractivity contribution in [2.45, 2.75) is 92.0 Å². The van der Waals surface area contributed by atoms with Gasteiger partial charge in [0.1, 0.15) is 23.4 Å². The van der Waals surface area contributed by atoms with Gasteiger partial charge in [-0.2, -0.15) is 0 Å². The fraction of sp³-hybridized carbons (Fsp3) is 0.483. The van der Waals surface area contributed by atoms with Crippen LogP contribution in [0.5, 0.6) is 5.75 Å². The van der Waals surface area contributed by atoms with E-state index < -0.39 is 41.1 Å². The van der Waals surface area contributed by atoms with Crippen LogP contribution in [0.1, 0.15) is 77.6 Å². The molecule has 0 aliphatic rings. The summed E-state index contributed by atoms with van der Waals surface area (Å²) < 4.78 is 5.34. The summed E-state index contributed by atoms with van der Waals surface area (Å²) in [5.41, 5.74) is 1.14. The van der Waals surface area contributed by atoms with Gasteiger partial charge in [0.25, 0.3) is 5.91 Å². The van der Waals surface area contributed by atoms with E-state index in [-0.39, 0.29) is 5.75 Å². The van der Waals surface area contributed by atoms with E-state index in [9.17, 15) is 19.5 Å². The number of phenolic OH excluding ortho intramolecular Hbond substituents is 1. The number of nitrogens with one attached hydrogen (secondary N) is 2. The first-order valence-corrected chi connectivity index (χ1v) is 12.6. The molecule has 0 aromatic heterocycles. The average molecular weight is 512 g/mol. The number of rotatable bonds is 8. The number of amides is 3. The third kappa shape index (κ3) is 7.71. The number of benzene rings is 2. The predicted molar refractivity (Wildman–Crippen MR) is 145 cm³/mol. The fourth-order valence-electron chi connectivity index (χ4n) is 3.88. The van der Waals surface area contributed by atoms with Crippen LogP contribution in [0.4, 0.5) is 10.5 Å². The van der Waals surface area contributed by atoms with Crippen LogP contribution in [-0.4, -0.2) is 45.1 Å². The topological polar surface area (TPSA) is 108 Å². The number of carbonyl (C=O) groups is 3. The Morgan fingerprint density at radius 1 is 1.00 bits per heavy atom. The van der Waals surface area contributed by atoms with Crippen LogP contribution in [0.3, 0.4) is 0 Å². The summed E-state index contributed by atoms with van der Waals surface area (Å²) >= 11 is 0. The van der Waals surface area contributed by atoms with Crippen LogP contribution >= 0.6 is 0 Å². The number of alkyl carbamates (subject to hydrolysis) is 1. The fourth-order valence-corrected chi connectivity index (χ4v) is 3.88. The zero-order chi connectivity index (χ0) is 28.1. The molecule has 202 valence electrons. The normalized spacial score (nSPS) is 13.3. The molecule has 2 aromatic rings. The van der Waals surface area contributed by atoms with Crippen molar-refractivity contribution in [3.8, 4) is 5.75 Å². The molecule has 2 atom stereocenters. The van der Waals surface area contributed by atoms with E-state index in [0.717, 1.165) is 5.56 Å². The molecule has 0 saturated carbocycles. The molecule has 0 saturated heterocycles. The first-order chi connectivity index (χ1) is 17.1. The standard InChI is InChI=1S/C29H41N3O5/c1-10-29(8,9)32(26(35)20(4)30-27(36)37-28(5,6)7)24(21-15-16-23(33)19(3)17-21)25(34)31-22-14-12-11-13-18(22)2/h11-17,20,24,33H,10H2,1-9H3,(H,30,36)(H,31,34).